The highest BCUT2D eigenvalue weighted by Crippen LogP contribution is 2.46. The molecule has 0 aromatic heterocycles. The van der Waals surface area contributed by atoms with E-state index in [4.69, 9.17) is 4.74 Å². The molecule has 2 aliphatic rings. The topological polar surface area (TPSA) is 58.6 Å². The lowest BCUT2D eigenvalue weighted by Crippen LogP contribution is -2.62. The van der Waals surface area contributed by atoms with Crippen LogP contribution in [-0.4, -0.2) is 49.6 Å². The molecule has 0 aromatic rings. The fourth-order valence-corrected chi connectivity index (χ4v) is 4.11. The summed E-state index contributed by atoms with van der Waals surface area (Å²) in [7, 11) is 1.64. The summed E-state index contributed by atoms with van der Waals surface area (Å²) in [5.41, 5.74) is -0.378. The molecule has 2 atom stereocenters. The molecule has 1 aliphatic carbocycles. The molecule has 2 fully saturated rings. The number of nitrogens with zero attached hydrogens (tertiary/aromatic N) is 1. The number of rotatable bonds is 7. The first-order valence-electron chi connectivity index (χ1n) is 9.08. The number of carbonyl (C=O) groups is 2. The van der Waals surface area contributed by atoms with Gasteiger partial charge in [0.15, 0.2) is 0 Å². The molecule has 5 nitrogen and oxygen atoms in total. The second-order valence-corrected chi connectivity index (χ2v) is 7.44. The zero-order valence-corrected chi connectivity index (χ0v) is 14.9. The number of hydrogen-bond donors (Lipinski definition) is 1. The first kappa shape index (κ1) is 18.2. The quantitative estimate of drug-likeness (QED) is 0.731. The Labute approximate surface area is 140 Å². The normalized spacial score (nSPS) is 27.9. The van der Waals surface area contributed by atoms with E-state index in [0.29, 0.717) is 31.9 Å². The van der Waals surface area contributed by atoms with Gasteiger partial charge in [0, 0.05) is 32.7 Å². The van der Waals surface area contributed by atoms with E-state index >= 15 is 0 Å². The van der Waals surface area contributed by atoms with Crippen molar-refractivity contribution in [2.45, 2.75) is 64.8 Å². The van der Waals surface area contributed by atoms with E-state index in [1.807, 2.05) is 4.90 Å². The molecule has 23 heavy (non-hydrogen) atoms. The minimum absolute atomic E-state index is 0.0822. The Bertz CT molecular complexity index is 424. The first-order chi connectivity index (χ1) is 11.0. The molecular formula is C18H32N2O3. The number of likely N-dealkylation sites (tertiary alicyclic amines) is 1. The van der Waals surface area contributed by atoms with Gasteiger partial charge in [0.25, 0.3) is 0 Å². The summed E-state index contributed by atoms with van der Waals surface area (Å²) < 4.78 is 5.04. The van der Waals surface area contributed by atoms with Gasteiger partial charge in [0.2, 0.25) is 11.8 Å². The number of amides is 2. The molecule has 132 valence electrons. The fourth-order valence-electron chi connectivity index (χ4n) is 4.11. The van der Waals surface area contributed by atoms with E-state index < -0.39 is 0 Å². The maximum atomic E-state index is 12.9. The lowest BCUT2D eigenvalue weighted by molar-refractivity contribution is -0.155. The van der Waals surface area contributed by atoms with Crippen molar-refractivity contribution in [3.8, 4) is 0 Å². The Morgan fingerprint density at radius 1 is 1.39 bits per heavy atom. The zero-order valence-electron chi connectivity index (χ0n) is 14.9. The third kappa shape index (κ3) is 4.06. The minimum atomic E-state index is -0.378. The molecule has 0 aromatic carbocycles. The smallest absolute Gasteiger partial charge is 0.228 e. The van der Waals surface area contributed by atoms with E-state index in [9.17, 15) is 9.59 Å². The highest BCUT2D eigenvalue weighted by atomic mass is 16.5. The molecule has 0 bridgehead atoms. The molecule has 0 spiro atoms. The van der Waals surface area contributed by atoms with E-state index in [0.717, 1.165) is 38.6 Å². The molecule has 2 amide bonds. The van der Waals surface area contributed by atoms with Gasteiger partial charge < -0.3 is 15.0 Å². The summed E-state index contributed by atoms with van der Waals surface area (Å²) in [5.74, 6) is 0.928. The summed E-state index contributed by atoms with van der Waals surface area (Å²) in [5, 5.41) is 3.04. The van der Waals surface area contributed by atoms with Crippen LogP contribution in [0.3, 0.4) is 0 Å². The van der Waals surface area contributed by atoms with Gasteiger partial charge in [0.1, 0.15) is 0 Å². The number of carbonyl (C=O) groups excluding carboxylic acids is 2. The maximum absolute atomic E-state index is 12.9. The minimum Gasteiger partial charge on any atom is -0.383 e. The van der Waals surface area contributed by atoms with Crippen LogP contribution in [0, 0.1) is 11.3 Å². The molecule has 2 rings (SSSR count). The summed E-state index contributed by atoms with van der Waals surface area (Å²) in [4.78, 5) is 27.4. The molecular weight excluding hydrogens is 292 g/mol. The number of fused-ring (bicyclic) bond motifs is 1. The number of methoxy groups -OCH3 is 1. The van der Waals surface area contributed by atoms with E-state index in [2.05, 4.69) is 19.2 Å². The lowest BCUT2D eigenvalue weighted by atomic mass is 9.64. The van der Waals surface area contributed by atoms with Gasteiger partial charge in [-0.2, -0.15) is 0 Å². The lowest BCUT2D eigenvalue weighted by Gasteiger charge is -2.51. The van der Waals surface area contributed by atoms with Crippen molar-refractivity contribution in [3.05, 3.63) is 0 Å². The number of piperidine rings is 1. The van der Waals surface area contributed by atoms with Crippen molar-refractivity contribution in [1.82, 2.24) is 10.2 Å². The van der Waals surface area contributed by atoms with Crippen molar-refractivity contribution in [2.75, 3.05) is 26.8 Å². The Balaban J connectivity index is 2.14. The van der Waals surface area contributed by atoms with Gasteiger partial charge in [-0.3, -0.25) is 9.59 Å². The fraction of sp³-hybridized carbons (Fsp3) is 0.889. The van der Waals surface area contributed by atoms with Gasteiger partial charge in [-0.05, 0) is 31.6 Å². The summed E-state index contributed by atoms with van der Waals surface area (Å²) in [6.45, 7) is 6.22. The van der Waals surface area contributed by atoms with Crippen LogP contribution >= 0.6 is 0 Å². The van der Waals surface area contributed by atoms with Crippen LogP contribution in [0.1, 0.15) is 58.8 Å². The number of hydrogen-bond acceptors (Lipinski definition) is 3. The van der Waals surface area contributed by atoms with E-state index in [1.54, 1.807) is 7.11 Å². The zero-order chi connectivity index (χ0) is 16.9. The van der Waals surface area contributed by atoms with Gasteiger partial charge in [-0.25, -0.2) is 0 Å². The maximum Gasteiger partial charge on any atom is 0.228 e. The second kappa shape index (κ2) is 8.13. The average molecular weight is 324 g/mol. The van der Waals surface area contributed by atoms with Crippen LogP contribution in [0.15, 0.2) is 0 Å². The largest absolute Gasteiger partial charge is 0.383 e. The van der Waals surface area contributed by atoms with Crippen LogP contribution in [0.2, 0.25) is 0 Å². The molecule has 1 N–H and O–H groups in total. The van der Waals surface area contributed by atoms with Crippen molar-refractivity contribution in [2.24, 2.45) is 11.3 Å². The predicted molar refractivity (Wildman–Crippen MR) is 90.0 cm³/mol. The van der Waals surface area contributed by atoms with Crippen LogP contribution in [0.4, 0.5) is 0 Å². The highest BCUT2D eigenvalue weighted by molar-refractivity contribution is 5.88. The van der Waals surface area contributed by atoms with Crippen LogP contribution < -0.4 is 5.32 Å². The third-order valence-electron chi connectivity index (χ3n) is 5.46. The number of ether oxygens (including phenoxy) is 1. The van der Waals surface area contributed by atoms with Crippen molar-refractivity contribution < 1.29 is 14.3 Å². The van der Waals surface area contributed by atoms with Crippen molar-refractivity contribution >= 4 is 11.8 Å². The van der Waals surface area contributed by atoms with Crippen molar-refractivity contribution in [3.63, 3.8) is 0 Å². The summed E-state index contributed by atoms with van der Waals surface area (Å²) >= 11 is 0. The van der Waals surface area contributed by atoms with E-state index in [1.165, 1.54) is 0 Å². The SMILES string of the molecule is COCCNC(=O)[C@@]12CCCC[C@H]1N(CCC(C)C)C(=O)CC2. The molecule has 1 aliphatic heterocycles. The third-order valence-corrected chi connectivity index (χ3v) is 5.46. The Kier molecular flexibility index (Phi) is 6.45. The van der Waals surface area contributed by atoms with Gasteiger partial charge in [0.05, 0.1) is 12.0 Å². The molecule has 0 unspecified atom stereocenters. The highest BCUT2D eigenvalue weighted by Gasteiger charge is 2.52. The van der Waals surface area contributed by atoms with E-state index in [-0.39, 0.29) is 23.3 Å². The summed E-state index contributed by atoms with van der Waals surface area (Å²) in [6, 6.07) is 0.0822. The Morgan fingerprint density at radius 2 is 2.17 bits per heavy atom. The van der Waals surface area contributed by atoms with Gasteiger partial charge in [-0.15, -0.1) is 0 Å². The Hall–Kier alpha value is -1.10. The first-order valence-corrected chi connectivity index (χ1v) is 9.08. The summed E-state index contributed by atoms with van der Waals surface area (Å²) in [6.07, 6.45) is 6.27. The molecule has 0 radical (unpaired) electrons. The Morgan fingerprint density at radius 3 is 2.87 bits per heavy atom. The standard InChI is InChI=1S/C18H32N2O3/c1-14(2)8-12-20-15-6-4-5-9-18(15,10-7-16(20)21)17(22)19-11-13-23-3/h14-15H,4-13H2,1-3H3,(H,19,22)/t15-,18-/m1/s1. The molecule has 5 heteroatoms. The molecule has 1 saturated carbocycles. The molecule has 1 saturated heterocycles. The van der Waals surface area contributed by atoms with Crippen LogP contribution in [-0.2, 0) is 14.3 Å². The van der Waals surface area contributed by atoms with Crippen molar-refractivity contribution in [1.29, 1.82) is 0 Å². The van der Waals surface area contributed by atoms with Crippen LogP contribution in [0.5, 0.6) is 0 Å². The average Bonchev–Trinajstić information content (AvgIpc) is 2.54. The van der Waals surface area contributed by atoms with Gasteiger partial charge in [-0.1, -0.05) is 26.7 Å². The monoisotopic (exact) mass is 324 g/mol. The molecule has 1 heterocycles. The second-order valence-electron chi connectivity index (χ2n) is 7.44. The number of nitrogens with one attached hydrogen (secondary N) is 1. The predicted octanol–water partition coefficient (Wildman–Crippen LogP) is 2.35. The van der Waals surface area contributed by atoms with Gasteiger partial charge >= 0.3 is 0 Å². The van der Waals surface area contributed by atoms with Crippen LogP contribution in [0.25, 0.3) is 0 Å².